The fourth-order valence-electron chi connectivity index (χ4n) is 4.13. The van der Waals surface area contributed by atoms with Crippen LogP contribution in [0.2, 0.25) is 0 Å². The molecule has 2 aromatic carbocycles. The number of benzene rings is 2. The van der Waals surface area contributed by atoms with Crippen LogP contribution in [0.3, 0.4) is 0 Å². The van der Waals surface area contributed by atoms with Gasteiger partial charge in [-0.1, -0.05) is 34.9 Å². The molecule has 0 amide bonds. The first-order valence-corrected chi connectivity index (χ1v) is 14.0. The molecule has 0 atom stereocenters. The number of hydrogen-bond acceptors (Lipinski definition) is 6. The minimum Gasteiger partial charge on any atom is -0.508 e. The summed E-state index contributed by atoms with van der Waals surface area (Å²) in [6.45, 7) is 8.60. The lowest BCUT2D eigenvalue weighted by Crippen LogP contribution is -2.10. The average Bonchev–Trinajstić information content (AvgIpc) is 2.86. The van der Waals surface area contributed by atoms with Gasteiger partial charge in [-0.05, 0) is 77.6 Å². The van der Waals surface area contributed by atoms with Gasteiger partial charge in [-0.2, -0.15) is 11.8 Å². The second-order valence-corrected chi connectivity index (χ2v) is 10.8. The smallest absolute Gasteiger partial charge is 0.201 e. The Morgan fingerprint density at radius 1 is 0.947 bits per heavy atom. The maximum atomic E-state index is 13.5. The molecule has 38 heavy (non-hydrogen) atoms. The standard InChI is InChI=1S/C32H38O5S/c1-21(2)8-6-9-22(3)10-7-11-23(4)16-17-38-20-27-31(35)30-28(34)18-25(33)19-29(30)37-32(27)24-12-14-26(36-5)15-13-24/h8,10,12-16,18-19,33-34H,6-7,9,11,17,20H2,1-5H3. The Morgan fingerprint density at radius 3 is 2.26 bits per heavy atom. The van der Waals surface area contributed by atoms with Gasteiger partial charge in [-0.15, -0.1) is 0 Å². The van der Waals surface area contributed by atoms with Gasteiger partial charge in [0.2, 0.25) is 5.43 Å². The summed E-state index contributed by atoms with van der Waals surface area (Å²) in [7, 11) is 1.59. The van der Waals surface area contributed by atoms with Crippen molar-refractivity contribution in [1.82, 2.24) is 0 Å². The minimum absolute atomic E-state index is 0.0779. The van der Waals surface area contributed by atoms with Crippen LogP contribution in [0.4, 0.5) is 0 Å². The molecule has 0 aliphatic heterocycles. The number of phenolic OH excluding ortho intramolecular Hbond substituents is 2. The molecule has 0 spiro atoms. The molecular weight excluding hydrogens is 496 g/mol. The van der Waals surface area contributed by atoms with E-state index in [0.29, 0.717) is 22.8 Å². The van der Waals surface area contributed by atoms with Gasteiger partial charge in [0.1, 0.15) is 34.0 Å². The second kappa shape index (κ2) is 14.0. The first kappa shape index (κ1) is 29.2. The van der Waals surface area contributed by atoms with E-state index in [1.54, 1.807) is 31.0 Å². The molecule has 0 radical (unpaired) electrons. The van der Waals surface area contributed by atoms with Crippen LogP contribution in [0.15, 0.2) is 80.6 Å². The Hall–Kier alpha value is -3.38. The number of hydrogen-bond donors (Lipinski definition) is 2. The number of allylic oxidation sites excluding steroid dienone is 5. The van der Waals surface area contributed by atoms with Crippen LogP contribution >= 0.6 is 11.8 Å². The van der Waals surface area contributed by atoms with Gasteiger partial charge in [-0.3, -0.25) is 4.79 Å². The quantitative estimate of drug-likeness (QED) is 0.179. The van der Waals surface area contributed by atoms with Crippen molar-refractivity contribution < 1.29 is 19.4 Å². The highest BCUT2D eigenvalue weighted by atomic mass is 32.2. The number of aromatic hydroxyl groups is 2. The zero-order chi connectivity index (χ0) is 27.7. The van der Waals surface area contributed by atoms with Crippen LogP contribution in [0, 0.1) is 0 Å². The Labute approximate surface area is 229 Å². The summed E-state index contributed by atoms with van der Waals surface area (Å²) >= 11 is 1.62. The van der Waals surface area contributed by atoms with Gasteiger partial charge in [0, 0.05) is 29.2 Å². The number of thioether (sulfide) groups is 1. The summed E-state index contributed by atoms with van der Waals surface area (Å²) in [4.78, 5) is 13.5. The van der Waals surface area contributed by atoms with Gasteiger partial charge < -0.3 is 19.4 Å². The number of rotatable bonds is 12. The Balaban J connectivity index is 1.73. The van der Waals surface area contributed by atoms with Gasteiger partial charge in [0.25, 0.3) is 0 Å². The van der Waals surface area contributed by atoms with E-state index in [-0.39, 0.29) is 27.9 Å². The lowest BCUT2D eigenvalue weighted by atomic mass is 10.0. The van der Waals surface area contributed by atoms with Gasteiger partial charge in [0.15, 0.2) is 0 Å². The molecule has 5 nitrogen and oxygen atoms in total. The summed E-state index contributed by atoms with van der Waals surface area (Å²) < 4.78 is 11.3. The molecule has 6 heteroatoms. The van der Waals surface area contributed by atoms with E-state index in [0.717, 1.165) is 43.1 Å². The third-order valence-corrected chi connectivity index (χ3v) is 7.22. The largest absolute Gasteiger partial charge is 0.508 e. The van der Waals surface area contributed by atoms with Crippen LogP contribution in [-0.2, 0) is 5.75 Å². The molecule has 3 rings (SSSR count). The number of phenols is 2. The van der Waals surface area contributed by atoms with Crippen molar-refractivity contribution in [2.75, 3.05) is 12.9 Å². The highest BCUT2D eigenvalue weighted by Gasteiger charge is 2.19. The zero-order valence-electron chi connectivity index (χ0n) is 23.0. The van der Waals surface area contributed by atoms with Gasteiger partial charge >= 0.3 is 0 Å². The lowest BCUT2D eigenvalue weighted by molar-refractivity contribution is 0.415. The maximum absolute atomic E-state index is 13.5. The van der Waals surface area contributed by atoms with E-state index in [1.165, 1.54) is 22.8 Å². The third kappa shape index (κ3) is 8.06. The molecule has 0 aliphatic carbocycles. The van der Waals surface area contributed by atoms with E-state index < -0.39 is 0 Å². The highest BCUT2D eigenvalue weighted by molar-refractivity contribution is 7.98. The Morgan fingerprint density at radius 2 is 1.61 bits per heavy atom. The van der Waals surface area contributed by atoms with Crippen LogP contribution in [0.5, 0.6) is 17.2 Å². The molecular formula is C32H38O5S. The molecule has 0 fully saturated rings. The van der Waals surface area contributed by atoms with Crippen LogP contribution < -0.4 is 10.2 Å². The SMILES string of the molecule is COc1ccc(-c2oc3cc(O)cc(O)c3c(=O)c2CSCC=C(C)CCC=C(C)CCC=C(C)C)cc1. The first-order valence-electron chi connectivity index (χ1n) is 12.9. The topological polar surface area (TPSA) is 79.9 Å². The van der Waals surface area contributed by atoms with Crippen LogP contribution in [0.25, 0.3) is 22.3 Å². The predicted molar refractivity (Wildman–Crippen MR) is 159 cm³/mol. The molecule has 1 aromatic heterocycles. The average molecular weight is 535 g/mol. The first-order chi connectivity index (χ1) is 18.2. The van der Waals surface area contributed by atoms with Gasteiger partial charge in [0.05, 0.1) is 12.7 Å². The third-order valence-electron chi connectivity index (χ3n) is 6.32. The monoisotopic (exact) mass is 534 g/mol. The van der Waals surface area contributed by atoms with Gasteiger partial charge in [-0.25, -0.2) is 0 Å². The van der Waals surface area contributed by atoms with E-state index in [2.05, 4.69) is 45.9 Å². The van der Waals surface area contributed by atoms with Crippen molar-refractivity contribution in [2.24, 2.45) is 0 Å². The van der Waals surface area contributed by atoms with Crippen molar-refractivity contribution in [1.29, 1.82) is 0 Å². The molecule has 202 valence electrons. The molecule has 0 aliphatic rings. The van der Waals surface area contributed by atoms with Crippen molar-refractivity contribution in [2.45, 2.75) is 59.1 Å². The molecule has 0 unspecified atom stereocenters. The fraction of sp³-hybridized carbons (Fsp3) is 0.344. The Kier molecular flexibility index (Phi) is 10.7. The van der Waals surface area contributed by atoms with Crippen molar-refractivity contribution in [3.8, 4) is 28.6 Å². The molecule has 0 saturated carbocycles. The number of fused-ring (bicyclic) bond motifs is 1. The molecule has 0 bridgehead atoms. The van der Waals surface area contributed by atoms with Crippen molar-refractivity contribution in [3.63, 3.8) is 0 Å². The highest BCUT2D eigenvalue weighted by Crippen LogP contribution is 2.34. The predicted octanol–water partition coefficient (Wildman–Crippen LogP) is 8.53. The summed E-state index contributed by atoms with van der Waals surface area (Å²) in [6, 6.07) is 9.79. The van der Waals surface area contributed by atoms with E-state index in [9.17, 15) is 15.0 Å². The van der Waals surface area contributed by atoms with Crippen LogP contribution in [-0.4, -0.2) is 23.1 Å². The fourth-order valence-corrected chi connectivity index (χ4v) is 5.12. The number of methoxy groups -OCH3 is 1. The number of ether oxygens (including phenoxy) is 1. The van der Waals surface area contributed by atoms with E-state index in [1.807, 2.05) is 12.1 Å². The molecule has 0 saturated heterocycles. The second-order valence-electron chi connectivity index (χ2n) is 9.78. The van der Waals surface area contributed by atoms with E-state index >= 15 is 0 Å². The van der Waals surface area contributed by atoms with Crippen molar-refractivity contribution >= 4 is 22.7 Å². The molecule has 2 N–H and O–H groups in total. The normalized spacial score (nSPS) is 12.1. The summed E-state index contributed by atoms with van der Waals surface area (Å²) in [5.41, 5.74) is 5.16. The molecule has 1 heterocycles. The lowest BCUT2D eigenvalue weighted by Gasteiger charge is -2.11. The zero-order valence-corrected chi connectivity index (χ0v) is 23.8. The summed E-state index contributed by atoms with van der Waals surface area (Å²) in [5, 5.41) is 20.4. The van der Waals surface area contributed by atoms with Crippen molar-refractivity contribution in [3.05, 3.63) is 87.1 Å². The summed E-state index contributed by atoms with van der Waals surface area (Å²) in [5.74, 6) is 1.85. The van der Waals surface area contributed by atoms with Crippen LogP contribution in [0.1, 0.15) is 58.9 Å². The Bertz CT molecular complexity index is 1390. The minimum atomic E-state index is -0.295. The van der Waals surface area contributed by atoms with E-state index in [4.69, 9.17) is 9.15 Å². The maximum Gasteiger partial charge on any atom is 0.201 e. The summed E-state index contributed by atoms with van der Waals surface area (Å²) in [6.07, 6.45) is 11.0. The molecule has 3 aromatic rings.